The molecular weight excluding hydrogens is 525 g/mol. The Morgan fingerprint density at radius 1 is 1.03 bits per heavy atom. The molecule has 0 saturated heterocycles. The van der Waals surface area contributed by atoms with E-state index in [-0.39, 0.29) is 24.2 Å². The van der Waals surface area contributed by atoms with Gasteiger partial charge in [0, 0.05) is 18.7 Å². The first kappa shape index (κ1) is 28.7. The van der Waals surface area contributed by atoms with E-state index in [0.29, 0.717) is 36.7 Å². The van der Waals surface area contributed by atoms with Crippen molar-refractivity contribution < 1.29 is 31.9 Å². The van der Waals surface area contributed by atoms with Crippen molar-refractivity contribution in [3.8, 4) is 11.5 Å². The molecule has 0 radical (unpaired) electrons. The summed E-state index contributed by atoms with van der Waals surface area (Å²) in [6.07, 6.45) is 6.35. The van der Waals surface area contributed by atoms with Gasteiger partial charge in [0.25, 0.3) is 0 Å². The van der Waals surface area contributed by atoms with Gasteiger partial charge in [-0.2, -0.15) is 0 Å². The first-order valence-electron chi connectivity index (χ1n) is 13.4. The maximum Gasteiger partial charge on any atom is 0.244 e. The van der Waals surface area contributed by atoms with E-state index in [4.69, 9.17) is 9.47 Å². The zero-order valence-corrected chi connectivity index (χ0v) is 23.2. The van der Waals surface area contributed by atoms with Gasteiger partial charge in [0.2, 0.25) is 21.8 Å². The van der Waals surface area contributed by atoms with E-state index < -0.39 is 34.3 Å². The molecule has 0 spiro atoms. The first-order valence-corrected chi connectivity index (χ1v) is 15.2. The standard InChI is InChI=1S/C28H36FN3O6S/c1-3-24(28(34)30-22-7-5-4-6-8-22)31(18-20-9-11-21(29)12-10-20)27(33)19-32(39(2,35)36)23-13-14-25-26(17-23)38-16-15-37-25/h9-14,17,22,24H,3-8,15-16,18-19H2,1-2H3,(H,30,34). The van der Waals surface area contributed by atoms with Crippen molar-refractivity contribution in [1.82, 2.24) is 10.2 Å². The molecule has 2 aromatic rings. The van der Waals surface area contributed by atoms with E-state index in [1.54, 1.807) is 24.3 Å². The summed E-state index contributed by atoms with van der Waals surface area (Å²) in [5.41, 5.74) is 0.871. The lowest BCUT2D eigenvalue weighted by Gasteiger charge is -2.34. The Hall–Kier alpha value is -3.34. The monoisotopic (exact) mass is 561 g/mol. The lowest BCUT2D eigenvalue weighted by Crippen LogP contribution is -2.53. The van der Waals surface area contributed by atoms with Gasteiger partial charge in [0.1, 0.15) is 31.6 Å². The molecule has 2 amide bonds. The minimum atomic E-state index is -3.89. The predicted molar refractivity (Wildman–Crippen MR) is 146 cm³/mol. The zero-order valence-electron chi connectivity index (χ0n) is 22.4. The third kappa shape index (κ3) is 7.40. The molecular formula is C28H36FN3O6S. The van der Waals surface area contributed by atoms with Crippen LogP contribution in [0.1, 0.15) is 51.0 Å². The van der Waals surface area contributed by atoms with Crippen LogP contribution in [0.2, 0.25) is 0 Å². The van der Waals surface area contributed by atoms with Crippen LogP contribution in [0, 0.1) is 5.82 Å². The average molecular weight is 562 g/mol. The molecule has 4 rings (SSSR count). The summed E-state index contributed by atoms with van der Waals surface area (Å²) < 4.78 is 51.4. The van der Waals surface area contributed by atoms with Crippen LogP contribution in [-0.2, 0) is 26.2 Å². The van der Waals surface area contributed by atoms with Crippen LogP contribution >= 0.6 is 0 Å². The van der Waals surface area contributed by atoms with Gasteiger partial charge in [-0.15, -0.1) is 0 Å². The highest BCUT2D eigenvalue weighted by Crippen LogP contribution is 2.34. The van der Waals surface area contributed by atoms with Gasteiger partial charge in [-0.1, -0.05) is 38.3 Å². The molecule has 212 valence electrons. The fourth-order valence-electron chi connectivity index (χ4n) is 5.05. The number of carbonyl (C=O) groups is 2. The lowest BCUT2D eigenvalue weighted by atomic mass is 9.95. The molecule has 1 heterocycles. The van der Waals surface area contributed by atoms with Gasteiger partial charge in [-0.3, -0.25) is 13.9 Å². The fourth-order valence-corrected chi connectivity index (χ4v) is 5.89. The van der Waals surface area contributed by atoms with E-state index in [0.717, 1.165) is 42.7 Å². The van der Waals surface area contributed by atoms with E-state index in [1.165, 1.54) is 23.1 Å². The maximum atomic E-state index is 13.8. The lowest BCUT2D eigenvalue weighted by molar-refractivity contribution is -0.140. The Morgan fingerprint density at radius 3 is 2.33 bits per heavy atom. The smallest absolute Gasteiger partial charge is 0.244 e. The minimum absolute atomic E-state index is 0.0223. The summed E-state index contributed by atoms with van der Waals surface area (Å²) >= 11 is 0. The molecule has 9 nitrogen and oxygen atoms in total. The normalized spacial score (nSPS) is 16.3. The first-order chi connectivity index (χ1) is 18.7. The van der Waals surface area contributed by atoms with Crippen molar-refractivity contribution in [2.75, 3.05) is 30.3 Å². The Bertz CT molecular complexity index is 1260. The summed E-state index contributed by atoms with van der Waals surface area (Å²) in [7, 11) is -3.89. The van der Waals surface area contributed by atoms with Gasteiger partial charge >= 0.3 is 0 Å². The molecule has 0 aromatic heterocycles. The van der Waals surface area contributed by atoms with Gasteiger partial charge < -0.3 is 19.7 Å². The molecule has 1 aliphatic carbocycles. The van der Waals surface area contributed by atoms with E-state index in [1.807, 2.05) is 6.92 Å². The summed E-state index contributed by atoms with van der Waals surface area (Å²) in [5, 5.41) is 3.09. The minimum Gasteiger partial charge on any atom is -0.486 e. The number of rotatable bonds is 10. The van der Waals surface area contributed by atoms with Crippen molar-refractivity contribution in [3.63, 3.8) is 0 Å². The van der Waals surface area contributed by atoms with Crippen LogP contribution in [0.15, 0.2) is 42.5 Å². The number of ether oxygens (including phenoxy) is 2. The number of anilines is 1. The number of amides is 2. The summed E-state index contributed by atoms with van der Waals surface area (Å²) in [6, 6.07) is 9.60. The third-order valence-corrected chi connectivity index (χ3v) is 8.24. The molecule has 0 bridgehead atoms. The second-order valence-corrected chi connectivity index (χ2v) is 11.9. The largest absolute Gasteiger partial charge is 0.486 e. The zero-order chi connectivity index (χ0) is 28.0. The number of benzene rings is 2. The SMILES string of the molecule is CCC(C(=O)NC1CCCCC1)N(Cc1ccc(F)cc1)C(=O)CN(c1ccc2c(c1)OCCO2)S(C)(=O)=O. The van der Waals surface area contributed by atoms with Gasteiger partial charge in [-0.05, 0) is 49.1 Å². The summed E-state index contributed by atoms with van der Waals surface area (Å²) in [5.74, 6) is -0.356. The second kappa shape index (κ2) is 12.7. The molecule has 1 atom stereocenters. The highest BCUT2D eigenvalue weighted by molar-refractivity contribution is 7.92. The Kier molecular flexibility index (Phi) is 9.32. The molecule has 2 aliphatic rings. The maximum absolute atomic E-state index is 13.8. The van der Waals surface area contributed by atoms with Crippen LogP contribution in [0.3, 0.4) is 0 Å². The number of carbonyl (C=O) groups excluding carboxylic acids is 2. The molecule has 2 aromatic carbocycles. The van der Waals surface area contributed by atoms with Crippen molar-refractivity contribution in [3.05, 3.63) is 53.8 Å². The third-order valence-electron chi connectivity index (χ3n) is 7.10. The predicted octanol–water partition coefficient (Wildman–Crippen LogP) is 3.62. The summed E-state index contributed by atoms with van der Waals surface area (Å²) in [4.78, 5) is 28.6. The topological polar surface area (TPSA) is 105 Å². The molecule has 1 aliphatic heterocycles. The van der Waals surface area contributed by atoms with Crippen LogP contribution in [-0.4, -0.2) is 63.2 Å². The van der Waals surface area contributed by atoms with Crippen molar-refractivity contribution in [1.29, 1.82) is 0 Å². The highest BCUT2D eigenvalue weighted by atomic mass is 32.2. The molecule has 39 heavy (non-hydrogen) atoms. The number of hydrogen-bond acceptors (Lipinski definition) is 6. The van der Waals surface area contributed by atoms with E-state index in [2.05, 4.69) is 5.32 Å². The van der Waals surface area contributed by atoms with Crippen molar-refractivity contribution in [2.24, 2.45) is 0 Å². The molecule has 1 unspecified atom stereocenters. The molecule has 11 heteroatoms. The fraction of sp³-hybridized carbons (Fsp3) is 0.500. The summed E-state index contributed by atoms with van der Waals surface area (Å²) in [6.45, 7) is 2.03. The van der Waals surface area contributed by atoms with Crippen molar-refractivity contribution >= 4 is 27.5 Å². The van der Waals surface area contributed by atoms with Crippen LogP contribution in [0.5, 0.6) is 11.5 Å². The highest BCUT2D eigenvalue weighted by Gasteiger charge is 2.33. The number of hydrogen-bond donors (Lipinski definition) is 1. The second-order valence-electron chi connectivity index (χ2n) is 10.0. The Morgan fingerprint density at radius 2 is 1.69 bits per heavy atom. The number of nitrogens with one attached hydrogen (secondary N) is 1. The number of fused-ring (bicyclic) bond motifs is 1. The Balaban J connectivity index is 1.62. The number of sulfonamides is 1. The number of nitrogens with zero attached hydrogens (tertiary/aromatic N) is 2. The Labute approximate surface area is 229 Å². The van der Waals surface area contributed by atoms with Crippen LogP contribution in [0.4, 0.5) is 10.1 Å². The van der Waals surface area contributed by atoms with Crippen molar-refractivity contribution in [2.45, 2.75) is 64.1 Å². The number of halogens is 1. The quantitative estimate of drug-likeness (QED) is 0.475. The van der Waals surface area contributed by atoms with Gasteiger partial charge in [0.15, 0.2) is 11.5 Å². The van der Waals surface area contributed by atoms with Gasteiger partial charge in [-0.25, -0.2) is 12.8 Å². The van der Waals surface area contributed by atoms with Crippen LogP contribution in [0.25, 0.3) is 0 Å². The van der Waals surface area contributed by atoms with Gasteiger partial charge in [0.05, 0.1) is 11.9 Å². The molecule has 1 saturated carbocycles. The van der Waals surface area contributed by atoms with E-state index >= 15 is 0 Å². The van der Waals surface area contributed by atoms with E-state index in [9.17, 15) is 22.4 Å². The molecule has 1 fully saturated rings. The average Bonchev–Trinajstić information content (AvgIpc) is 2.92. The molecule has 1 N–H and O–H groups in total. The van der Waals surface area contributed by atoms with Crippen LogP contribution < -0.4 is 19.1 Å².